The first-order chi connectivity index (χ1) is 9.86. The van der Waals surface area contributed by atoms with Gasteiger partial charge in [-0.15, -0.1) is 0 Å². The third kappa shape index (κ3) is 4.42. The predicted octanol–water partition coefficient (Wildman–Crippen LogP) is 2.05. The molecule has 2 fully saturated rings. The molecule has 1 saturated carbocycles. The van der Waals surface area contributed by atoms with Crippen molar-refractivity contribution < 1.29 is 8.42 Å². The first-order valence-corrected chi connectivity index (χ1v) is 10.6. The van der Waals surface area contributed by atoms with Crippen molar-refractivity contribution >= 4 is 9.84 Å². The van der Waals surface area contributed by atoms with Gasteiger partial charge in [-0.05, 0) is 31.7 Å². The van der Waals surface area contributed by atoms with Crippen molar-refractivity contribution in [1.82, 2.24) is 10.2 Å². The van der Waals surface area contributed by atoms with Crippen molar-refractivity contribution in [2.45, 2.75) is 64.0 Å². The molecular formula is C16H32N2O2S. The number of hydrogen-bond donors (Lipinski definition) is 1. The number of nitrogens with zero attached hydrogens (tertiary/aromatic N) is 1. The van der Waals surface area contributed by atoms with Crippen LogP contribution in [0.15, 0.2) is 0 Å². The van der Waals surface area contributed by atoms with Gasteiger partial charge in [0.1, 0.15) is 9.84 Å². The van der Waals surface area contributed by atoms with E-state index < -0.39 is 9.84 Å². The van der Waals surface area contributed by atoms with E-state index in [0.717, 1.165) is 26.1 Å². The zero-order valence-corrected chi connectivity index (χ0v) is 14.7. The van der Waals surface area contributed by atoms with Gasteiger partial charge in [0.15, 0.2) is 0 Å². The average molecular weight is 317 g/mol. The van der Waals surface area contributed by atoms with Gasteiger partial charge >= 0.3 is 0 Å². The summed E-state index contributed by atoms with van der Waals surface area (Å²) in [6.45, 7) is 7.67. The highest BCUT2D eigenvalue weighted by molar-refractivity contribution is 7.90. The molecule has 1 aliphatic heterocycles. The molecule has 2 unspecified atom stereocenters. The maximum Gasteiger partial charge on any atom is 0.147 e. The first kappa shape index (κ1) is 17.2. The summed E-state index contributed by atoms with van der Waals surface area (Å²) in [4.78, 5) is 2.62. The van der Waals surface area contributed by atoms with Gasteiger partial charge in [0, 0.05) is 30.9 Å². The quantitative estimate of drug-likeness (QED) is 0.815. The molecule has 0 aromatic carbocycles. The Morgan fingerprint density at radius 1 is 1.33 bits per heavy atom. The zero-order valence-electron chi connectivity index (χ0n) is 13.9. The third-order valence-electron chi connectivity index (χ3n) is 5.59. The van der Waals surface area contributed by atoms with Crippen molar-refractivity contribution in [3.05, 3.63) is 0 Å². The first-order valence-electron chi connectivity index (χ1n) is 8.52. The molecule has 5 heteroatoms. The number of sulfone groups is 1. The Morgan fingerprint density at radius 2 is 2.00 bits per heavy atom. The van der Waals surface area contributed by atoms with Crippen molar-refractivity contribution in [3.63, 3.8) is 0 Å². The van der Waals surface area contributed by atoms with E-state index in [1.165, 1.54) is 38.4 Å². The van der Waals surface area contributed by atoms with Gasteiger partial charge in [0.05, 0.1) is 5.75 Å². The van der Waals surface area contributed by atoms with Crippen LogP contribution in [0.5, 0.6) is 0 Å². The van der Waals surface area contributed by atoms with Crippen LogP contribution in [0.25, 0.3) is 0 Å². The molecule has 1 aliphatic carbocycles. The van der Waals surface area contributed by atoms with Crippen molar-refractivity contribution in [2.75, 3.05) is 31.6 Å². The van der Waals surface area contributed by atoms with Gasteiger partial charge in [0.2, 0.25) is 0 Å². The summed E-state index contributed by atoms with van der Waals surface area (Å²) in [5, 5.41) is 3.78. The summed E-state index contributed by atoms with van der Waals surface area (Å²) in [6, 6.07) is 0.555. The Balaban J connectivity index is 1.99. The Labute approximate surface area is 130 Å². The van der Waals surface area contributed by atoms with Crippen LogP contribution in [-0.4, -0.2) is 56.5 Å². The lowest BCUT2D eigenvalue weighted by molar-refractivity contribution is 0.0311. The Morgan fingerprint density at radius 3 is 2.57 bits per heavy atom. The van der Waals surface area contributed by atoms with Crippen LogP contribution >= 0.6 is 0 Å². The molecule has 2 rings (SSSR count). The van der Waals surface area contributed by atoms with Gasteiger partial charge in [-0.3, -0.25) is 4.90 Å². The molecule has 0 radical (unpaired) electrons. The summed E-state index contributed by atoms with van der Waals surface area (Å²) < 4.78 is 22.7. The fourth-order valence-corrected chi connectivity index (χ4v) is 4.62. The lowest BCUT2D eigenvalue weighted by Gasteiger charge is -2.49. The van der Waals surface area contributed by atoms with Crippen LogP contribution in [0.1, 0.15) is 52.4 Å². The summed E-state index contributed by atoms with van der Waals surface area (Å²) in [7, 11) is -2.84. The molecule has 0 bridgehead atoms. The minimum absolute atomic E-state index is 0.307. The Kier molecular flexibility index (Phi) is 5.71. The molecule has 2 atom stereocenters. The molecule has 124 valence electrons. The molecule has 0 amide bonds. The predicted molar refractivity (Wildman–Crippen MR) is 88.3 cm³/mol. The number of hydrogen-bond acceptors (Lipinski definition) is 4. The van der Waals surface area contributed by atoms with E-state index in [9.17, 15) is 8.42 Å². The molecule has 1 spiro atoms. The van der Waals surface area contributed by atoms with E-state index in [2.05, 4.69) is 24.1 Å². The topological polar surface area (TPSA) is 49.4 Å². The Hall–Kier alpha value is -0.130. The molecular weight excluding hydrogens is 284 g/mol. The fraction of sp³-hybridized carbons (Fsp3) is 1.00. The molecule has 1 N–H and O–H groups in total. The Bertz CT molecular complexity index is 430. The van der Waals surface area contributed by atoms with Crippen molar-refractivity contribution in [1.29, 1.82) is 0 Å². The van der Waals surface area contributed by atoms with E-state index in [-0.39, 0.29) is 0 Å². The molecule has 0 aromatic heterocycles. The normalized spacial score (nSPS) is 28.0. The zero-order chi connectivity index (χ0) is 15.5. The highest BCUT2D eigenvalue weighted by Gasteiger charge is 2.43. The lowest BCUT2D eigenvalue weighted by atomic mass is 9.87. The monoisotopic (exact) mass is 316 g/mol. The van der Waals surface area contributed by atoms with Gasteiger partial charge in [0.25, 0.3) is 0 Å². The minimum atomic E-state index is -2.84. The van der Waals surface area contributed by atoms with Crippen LogP contribution in [0, 0.1) is 5.92 Å². The van der Waals surface area contributed by atoms with Gasteiger partial charge in [-0.25, -0.2) is 8.42 Å². The minimum Gasteiger partial charge on any atom is -0.311 e. The summed E-state index contributed by atoms with van der Waals surface area (Å²) >= 11 is 0. The molecule has 21 heavy (non-hydrogen) atoms. The van der Waals surface area contributed by atoms with Crippen LogP contribution < -0.4 is 5.32 Å². The molecule has 1 heterocycles. The second-order valence-corrected chi connectivity index (χ2v) is 9.49. The maximum atomic E-state index is 11.4. The lowest BCUT2D eigenvalue weighted by Crippen LogP contribution is -2.65. The summed E-state index contributed by atoms with van der Waals surface area (Å²) in [5.41, 5.74) is 0.307. The fourth-order valence-electron chi connectivity index (χ4n) is 3.97. The van der Waals surface area contributed by atoms with E-state index in [4.69, 9.17) is 0 Å². The van der Waals surface area contributed by atoms with E-state index in [1.54, 1.807) is 0 Å². The van der Waals surface area contributed by atoms with Crippen LogP contribution in [0.4, 0.5) is 0 Å². The van der Waals surface area contributed by atoms with Crippen molar-refractivity contribution in [2.24, 2.45) is 5.92 Å². The van der Waals surface area contributed by atoms with Crippen LogP contribution in [0.3, 0.4) is 0 Å². The van der Waals surface area contributed by atoms with Gasteiger partial charge in [-0.1, -0.05) is 33.1 Å². The molecule has 4 nitrogen and oxygen atoms in total. The second-order valence-electron chi connectivity index (χ2n) is 7.23. The van der Waals surface area contributed by atoms with E-state index in [0.29, 0.717) is 23.3 Å². The molecule has 0 aromatic rings. The third-order valence-corrected chi connectivity index (χ3v) is 6.62. The number of piperazine rings is 1. The molecule has 1 saturated heterocycles. The number of nitrogens with one attached hydrogen (secondary N) is 1. The van der Waals surface area contributed by atoms with Gasteiger partial charge < -0.3 is 5.32 Å². The van der Waals surface area contributed by atoms with Gasteiger partial charge in [-0.2, -0.15) is 0 Å². The van der Waals surface area contributed by atoms with Crippen LogP contribution in [0.2, 0.25) is 0 Å². The van der Waals surface area contributed by atoms with E-state index >= 15 is 0 Å². The number of rotatable bonds is 6. The summed E-state index contributed by atoms with van der Waals surface area (Å²) in [6.07, 6.45) is 8.49. The highest BCUT2D eigenvalue weighted by Crippen LogP contribution is 2.37. The largest absolute Gasteiger partial charge is 0.311 e. The maximum absolute atomic E-state index is 11.4. The highest BCUT2D eigenvalue weighted by atomic mass is 32.2. The van der Waals surface area contributed by atoms with Crippen LogP contribution in [-0.2, 0) is 9.84 Å². The SMILES string of the molecule is CCC(C)C1CN(CCCS(C)(=O)=O)C2(CCCC2)CN1. The smallest absolute Gasteiger partial charge is 0.147 e. The average Bonchev–Trinajstić information content (AvgIpc) is 2.88. The summed E-state index contributed by atoms with van der Waals surface area (Å²) in [5.74, 6) is 1.00. The molecule has 2 aliphatic rings. The second kappa shape index (κ2) is 6.97. The standard InChI is InChI=1S/C16H32N2O2S/c1-4-14(2)15-12-18(10-7-11-21(3,19)20)16(13-17-15)8-5-6-9-16/h14-15,17H,4-13H2,1-3H3. The van der Waals surface area contributed by atoms with E-state index in [1.807, 2.05) is 0 Å². The van der Waals surface area contributed by atoms with Crippen molar-refractivity contribution in [3.8, 4) is 0 Å².